The predicted octanol–water partition coefficient (Wildman–Crippen LogP) is 4.66. The van der Waals surface area contributed by atoms with Crippen LogP contribution in [0.4, 0.5) is 0 Å². The molecule has 0 amide bonds. The summed E-state index contributed by atoms with van der Waals surface area (Å²) >= 11 is 5.85. The minimum Gasteiger partial charge on any atom is -0.269 e. The molecule has 1 heterocycles. The average Bonchev–Trinajstić information content (AvgIpc) is 2.90. The number of nitrogens with zero attached hydrogens (tertiary/aromatic N) is 2. The maximum atomic E-state index is 12.4. The van der Waals surface area contributed by atoms with E-state index in [1.165, 1.54) is 5.56 Å². The first-order valence-electron chi connectivity index (χ1n) is 6.97. The number of benzene rings is 2. The van der Waals surface area contributed by atoms with E-state index in [2.05, 4.69) is 4.98 Å². The summed E-state index contributed by atoms with van der Waals surface area (Å²) in [4.78, 5) is 16.7. The van der Waals surface area contributed by atoms with Gasteiger partial charge in [0.15, 0.2) is 0 Å². The molecule has 0 bridgehead atoms. The Morgan fingerprint density at radius 2 is 1.82 bits per heavy atom. The molecule has 1 aromatic heterocycles. The highest BCUT2D eigenvalue weighted by atomic mass is 35.5. The third-order valence-corrected chi connectivity index (χ3v) is 3.94. The number of rotatable bonds is 2. The summed E-state index contributed by atoms with van der Waals surface area (Å²) in [7, 11) is 0. The highest BCUT2D eigenvalue weighted by Crippen LogP contribution is 2.18. The lowest BCUT2D eigenvalue weighted by atomic mass is 10.1. The van der Waals surface area contributed by atoms with E-state index >= 15 is 0 Å². The largest absolute Gasteiger partial charge is 0.269 e. The molecule has 0 N–H and O–H groups in total. The summed E-state index contributed by atoms with van der Waals surface area (Å²) in [6.07, 6.45) is 4.88. The molecular weight excluding hydrogens is 296 g/mol. The molecule has 0 aliphatic heterocycles. The van der Waals surface area contributed by atoms with Crippen LogP contribution in [0.15, 0.2) is 48.8 Å². The van der Waals surface area contributed by atoms with Crippen molar-refractivity contribution >= 4 is 34.6 Å². The third kappa shape index (κ3) is 2.81. The molecular formula is C18H15ClN2O. The van der Waals surface area contributed by atoms with Crippen molar-refractivity contribution in [3.63, 3.8) is 0 Å². The van der Waals surface area contributed by atoms with E-state index in [-0.39, 0.29) is 5.91 Å². The van der Waals surface area contributed by atoms with Gasteiger partial charge in [0.2, 0.25) is 0 Å². The van der Waals surface area contributed by atoms with Gasteiger partial charge in [-0.05, 0) is 60.9 Å². The standard InChI is InChI=1S/C18H15ClN2O/c1-12-9-16-17(10-13(12)2)21(11-20-16)18(22)8-5-14-3-6-15(19)7-4-14/h3-11H,1-2H3/b8-5+. The normalized spacial score (nSPS) is 11.4. The number of fused-ring (bicyclic) bond motifs is 1. The van der Waals surface area contributed by atoms with Gasteiger partial charge in [0.25, 0.3) is 5.91 Å². The van der Waals surface area contributed by atoms with Crippen LogP contribution in [0, 0.1) is 13.8 Å². The minimum atomic E-state index is -0.124. The van der Waals surface area contributed by atoms with E-state index < -0.39 is 0 Å². The molecule has 2 aromatic carbocycles. The molecule has 0 atom stereocenters. The molecule has 3 nitrogen and oxygen atoms in total. The van der Waals surface area contributed by atoms with Crippen LogP contribution in [0.25, 0.3) is 17.1 Å². The zero-order chi connectivity index (χ0) is 15.7. The Kier molecular flexibility index (Phi) is 3.82. The van der Waals surface area contributed by atoms with Gasteiger partial charge in [0, 0.05) is 11.1 Å². The van der Waals surface area contributed by atoms with Crippen molar-refractivity contribution in [2.75, 3.05) is 0 Å². The molecule has 0 unspecified atom stereocenters. The Bertz CT molecular complexity index is 876. The maximum absolute atomic E-state index is 12.4. The Morgan fingerprint density at radius 1 is 1.14 bits per heavy atom. The van der Waals surface area contributed by atoms with Crippen LogP contribution in [0.5, 0.6) is 0 Å². The second kappa shape index (κ2) is 5.78. The molecule has 3 rings (SSSR count). The van der Waals surface area contributed by atoms with Crippen molar-refractivity contribution in [2.24, 2.45) is 0 Å². The number of hydrogen-bond acceptors (Lipinski definition) is 2. The van der Waals surface area contributed by atoms with Crippen LogP contribution >= 0.6 is 11.6 Å². The van der Waals surface area contributed by atoms with Gasteiger partial charge in [0.1, 0.15) is 6.33 Å². The monoisotopic (exact) mass is 310 g/mol. The zero-order valence-electron chi connectivity index (χ0n) is 12.4. The van der Waals surface area contributed by atoms with Crippen LogP contribution in [-0.2, 0) is 0 Å². The topological polar surface area (TPSA) is 34.9 Å². The van der Waals surface area contributed by atoms with Crippen molar-refractivity contribution in [1.29, 1.82) is 0 Å². The lowest BCUT2D eigenvalue weighted by molar-refractivity contribution is 0.0974. The smallest absolute Gasteiger partial charge is 0.256 e. The first-order chi connectivity index (χ1) is 10.5. The summed E-state index contributed by atoms with van der Waals surface area (Å²) in [5, 5.41) is 0.676. The number of carbonyl (C=O) groups is 1. The quantitative estimate of drug-likeness (QED) is 0.645. The molecule has 4 heteroatoms. The molecule has 0 spiro atoms. The third-order valence-electron chi connectivity index (χ3n) is 3.69. The molecule has 0 aliphatic carbocycles. The van der Waals surface area contributed by atoms with E-state index in [1.54, 1.807) is 35.2 Å². The Hall–Kier alpha value is -2.39. The van der Waals surface area contributed by atoms with Crippen molar-refractivity contribution in [1.82, 2.24) is 9.55 Å². The van der Waals surface area contributed by atoms with E-state index in [0.29, 0.717) is 5.02 Å². The van der Waals surface area contributed by atoms with E-state index in [1.807, 2.05) is 38.1 Å². The maximum Gasteiger partial charge on any atom is 0.256 e. The van der Waals surface area contributed by atoms with Gasteiger partial charge in [-0.1, -0.05) is 23.7 Å². The SMILES string of the molecule is Cc1cc2ncn(C(=O)/C=C/c3ccc(Cl)cc3)c2cc1C. The predicted molar refractivity (Wildman–Crippen MR) is 90.3 cm³/mol. The molecule has 0 saturated carbocycles. The van der Waals surface area contributed by atoms with Gasteiger partial charge in [-0.25, -0.2) is 4.98 Å². The summed E-state index contributed by atoms with van der Waals surface area (Å²) in [5.41, 5.74) is 4.89. The van der Waals surface area contributed by atoms with Crippen molar-refractivity contribution in [3.8, 4) is 0 Å². The Morgan fingerprint density at radius 3 is 2.55 bits per heavy atom. The van der Waals surface area contributed by atoms with Gasteiger partial charge in [-0.2, -0.15) is 0 Å². The molecule has 0 fully saturated rings. The van der Waals surface area contributed by atoms with E-state index in [0.717, 1.165) is 22.2 Å². The first-order valence-corrected chi connectivity index (χ1v) is 7.35. The van der Waals surface area contributed by atoms with Gasteiger partial charge in [0.05, 0.1) is 11.0 Å². The highest BCUT2D eigenvalue weighted by molar-refractivity contribution is 6.30. The number of halogens is 1. The second-order valence-corrected chi connectivity index (χ2v) is 5.70. The first kappa shape index (κ1) is 14.5. The number of allylic oxidation sites excluding steroid dienone is 1. The summed E-state index contributed by atoms with van der Waals surface area (Å²) < 4.78 is 1.56. The summed E-state index contributed by atoms with van der Waals surface area (Å²) in [6.45, 7) is 4.07. The summed E-state index contributed by atoms with van der Waals surface area (Å²) in [6, 6.07) is 11.3. The van der Waals surface area contributed by atoms with Crippen LogP contribution in [0.1, 0.15) is 21.5 Å². The molecule has 0 aliphatic rings. The van der Waals surface area contributed by atoms with Gasteiger partial charge in [-0.3, -0.25) is 9.36 Å². The van der Waals surface area contributed by atoms with E-state index in [4.69, 9.17) is 11.6 Å². The fourth-order valence-corrected chi connectivity index (χ4v) is 2.39. The van der Waals surface area contributed by atoms with Gasteiger partial charge < -0.3 is 0 Å². The van der Waals surface area contributed by atoms with Crippen LogP contribution in [0.2, 0.25) is 5.02 Å². The lowest BCUT2D eigenvalue weighted by Crippen LogP contribution is -2.05. The van der Waals surface area contributed by atoms with Crippen molar-refractivity contribution in [2.45, 2.75) is 13.8 Å². The van der Waals surface area contributed by atoms with Crippen LogP contribution in [-0.4, -0.2) is 15.5 Å². The van der Waals surface area contributed by atoms with Crippen LogP contribution in [0.3, 0.4) is 0 Å². The van der Waals surface area contributed by atoms with Gasteiger partial charge >= 0.3 is 0 Å². The summed E-state index contributed by atoms with van der Waals surface area (Å²) in [5.74, 6) is -0.124. The molecule has 0 saturated heterocycles. The van der Waals surface area contributed by atoms with Crippen molar-refractivity contribution < 1.29 is 4.79 Å². The fraction of sp³-hybridized carbons (Fsp3) is 0.111. The average molecular weight is 311 g/mol. The van der Waals surface area contributed by atoms with Crippen LogP contribution < -0.4 is 0 Å². The number of carbonyl (C=O) groups excluding carboxylic acids is 1. The molecule has 0 radical (unpaired) electrons. The lowest BCUT2D eigenvalue weighted by Gasteiger charge is -2.02. The number of hydrogen-bond donors (Lipinski definition) is 0. The number of imidazole rings is 1. The molecule has 110 valence electrons. The fourth-order valence-electron chi connectivity index (χ4n) is 2.26. The minimum absolute atomic E-state index is 0.124. The second-order valence-electron chi connectivity index (χ2n) is 5.26. The molecule has 22 heavy (non-hydrogen) atoms. The number of aromatic nitrogens is 2. The van der Waals surface area contributed by atoms with E-state index in [9.17, 15) is 4.79 Å². The Balaban J connectivity index is 1.92. The molecule has 3 aromatic rings. The van der Waals surface area contributed by atoms with Crippen molar-refractivity contribution in [3.05, 3.63) is 70.5 Å². The highest BCUT2D eigenvalue weighted by Gasteiger charge is 2.08. The number of aryl methyl sites for hydroxylation is 2. The zero-order valence-corrected chi connectivity index (χ0v) is 13.1. The van der Waals surface area contributed by atoms with Gasteiger partial charge in [-0.15, -0.1) is 0 Å². The Labute approximate surface area is 133 Å².